The molecule has 4 aromatic rings. The first-order valence-electron chi connectivity index (χ1n) is 6.65. The third-order valence-corrected chi connectivity index (χ3v) is 3.48. The lowest BCUT2D eigenvalue weighted by Crippen LogP contribution is -1.96. The Bertz CT molecular complexity index is 994. The Kier molecular flexibility index (Phi) is 2.75. The third kappa shape index (κ3) is 1.96. The maximum absolute atomic E-state index is 13.8. The van der Waals surface area contributed by atoms with Gasteiger partial charge in [0.15, 0.2) is 0 Å². The van der Waals surface area contributed by atoms with Gasteiger partial charge in [0.25, 0.3) is 0 Å². The highest BCUT2D eigenvalue weighted by atomic mass is 19.1. The summed E-state index contributed by atoms with van der Waals surface area (Å²) in [5, 5.41) is 4.27. The highest BCUT2D eigenvalue weighted by Gasteiger charge is 2.10. The average molecular weight is 296 g/mol. The minimum absolute atomic E-state index is 0.375. The number of anilines is 2. The van der Waals surface area contributed by atoms with Gasteiger partial charge in [-0.3, -0.25) is 0 Å². The van der Waals surface area contributed by atoms with Crippen LogP contribution in [-0.4, -0.2) is 15.0 Å². The molecule has 0 aliphatic rings. The first kappa shape index (κ1) is 12.7. The van der Waals surface area contributed by atoms with Gasteiger partial charge >= 0.3 is 0 Å². The van der Waals surface area contributed by atoms with Gasteiger partial charge in [0, 0.05) is 23.0 Å². The summed E-state index contributed by atoms with van der Waals surface area (Å²) in [6, 6.07) is 8.43. The summed E-state index contributed by atoms with van der Waals surface area (Å²) in [5.41, 5.74) is 1.82. The van der Waals surface area contributed by atoms with Crippen molar-refractivity contribution in [3.05, 3.63) is 60.6 Å². The summed E-state index contributed by atoms with van der Waals surface area (Å²) in [5.74, 6) is -0.268. The number of benzene rings is 1. The fraction of sp³-hybridized carbons (Fsp3) is 0. The van der Waals surface area contributed by atoms with Crippen LogP contribution in [0.3, 0.4) is 0 Å². The van der Waals surface area contributed by atoms with Crippen LogP contribution in [0.5, 0.6) is 0 Å². The van der Waals surface area contributed by atoms with Crippen LogP contribution in [0, 0.1) is 11.6 Å². The largest absolute Gasteiger partial charge is 0.358 e. The predicted octanol–water partition coefficient (Wildman–Crippen LogP) is 4.13. The van der Waals surface area contributed by atoms with Crippen LogP contribution >= 0.6 is 0 Å². The van der Waals surface area contributed by atoms with Crippen LogP contribution in [-0.2, 0) is 0 Å². The van der Waals surface area contributed by atoms with Crippen molar-refractivity contribution in [1.82, 2.24) is 15.0 Å². The minimum Gasteiger partial charge on any atom is -0.358 e. The Labute approximate surface area is 123 Å². The number of nitrogens with zero attached hydrogens (tertiary/aromatic N) is 2. The van der Waals surface area contributed by atoms with Crippen molar-refractivity contribution in [2.45, 2.75) is 0 Å². The molecule has 0 aliphatic carbocycles. The number of nitrogens with one attached hydrogen (secondary N) is 2. The Morgan fingerprint density at radius 3 is 2.68 bits per heavy atom. The van der Waals surface area contributed by atoms with E-state index in [1.54, 1.807) is 24.4 Å². The van der Waals surface area contributed by atoms with Crippen LogP contribution in [0.15, 0.2) is 48.9 Å². The van der Waals surface area contributed by atoms with E-state index in [4.69, 9.17) is 0 Å². The van der Waals surface area contributed by atoms with Gasteiger partial charge in [-0.05, 0) is 0 Å². The molecule has 6 heteroatoms. The summed E-state index contributed by atoms with van der Waals surface area (Å²) < 4.78 is 27.0. The Morgan fingerprint density at radius 2 is 1.82 bits per heavy atom. The number of aromatic amines is 1. The van der Waals surface area contributed by atoms with Crippen molar-refractivity contribution >= 4 is 33.3 Å². The summed E-state index contributed by atoms with van der Waals surface area (Å²) in [6.45, 7) is 0. The van der Waals surface area contributed by atoms with E-state index in [9.17, 15) is 8.78 Å². The van der Waals surface area contributed by atoms with E-state index in [-0.39, 0.29) is 5.82 Å². The molecule has 22 heavy (non-hydrogen) atoms. The molecule has 0 saturated heterocycles. The summed E-state index contributed by atoms with van der Waals surface area (Å²) in [7, 11) is 0. The normalized spacial score (nSPS) is 11.2. The molecule has 0 saturated carbocycles. The number of hydrogen-bond acceptors (Lipinski definition) is 3. The molecule has 4 rings (SSSR count). The van der Waals surface area contributed by atoms with Gasteiger partial charge in [-0.1, -0.05) is 24.3 Å². The van der Waals surface area contributed by atoms with Crippen molar-refractivity contribution in [3.8, 4) is 0 Å². The molecule has 4 nitrogen and oxygen atoms in total. The Hall–Kier alpha value is -3.02. The predicted molar refractivity (Wildman–Crippen MR) is 81.0 cm³/mol. The molecule has 0 amide bonds. The van der Waals surface area contributed by atoms with Gasteiger partial charge in [0.2, 0.25) is 0 Å². The van der Waals surface area contributed by atoms with E-state index in [0.717, 1.165) is 6.20 Å². The van der Waals surface area contributed by atoms with Gasteiger partial charge in [-0.15, -0.1) is 0 Å². The van der Waals surface area contributed by atoms with E-state index in [0.29, 0.717) is 33.3 Å². The number of aromatic nitrogens is 3. The minimum atomic E-state index is -0.411. The van der Waals surface area contributed by atoms with Crippen molar-refractivity contribution in [1.29, 1.82) is 0 Å². The van der Waals surface area contributed by atoms with Gasteiger partial charge in [0.05, 0.1) is 23.6 Å². The molecule has 0 bridgehead atoms. The van der Waals surface area contributed by atoms with Crippen molar-refractivity contribution < 1.29 is 8.78 Å². The van der Waals surface area contributed by atoms with Gasteiger partial charge < -0.3 is 10.3 Å². The van der Waals surface area contributed by atoms with Crippen molar-refractivity contribution in [2.24, 2.45) is 0 Å². The van der Waals surface area contributed by atoms with Gasteiger partial charge in [-0.2, -0.15) is 0 Å². The van der Waals surface area contributed by atoms with Crippen LogP contribution in [0.2, 0.25) is 0 Å². The molecule has 0 radical (unpaired) electrons. The van der Waals surface area contributed by atoms with Crippen molar-refractivity contribution in [3.63, 3.8) is 0 Å². The monoisotopic (exact) mass is 296 g/mol. The molecule has 1 aromatic carbocycles. The Morgan fingerprint density at radius 1 is 1.00 bits per heavy atom. The molecular formula is C16H10F2N4. The lowest BCUT2D eigenvalue weighted by atomic mass is 10.1. The van der Waals surface area contributed by atoms with E-state index >= 15 is 0 Å². The zero-order valence-electron chi connectivity index (χ0n) is 11.3. The fourth-order valence-corrected chi connectivity index (χ4v) is 2.46. The molecular weight excluding hydrogens is 286 g/mol. The number of fused-ring (bicyclic) bond motifs is 2. The lowest BCUT2D eigenvalue weighted by Gasteiger charge is -2.08. The van der Waals surface area contributed by atoms with Crippen LogP contribution in [0.4, 0.5) is 20.3 Å². The van der Waals surface area contributed by atoms with Gasteiger partial charge in [0.1, 0.15) is 23.0 Å². The summed E-state index contributed by atoms with van der Waals surface area (Å²) in [4.78, 5) is 11.1. The standard InChI is InChI=1S/C16H10F2N4/c17-9-5-13-15(20-6-9)14(8-19-13)22-16-11-4-2-1-3-10(11)12(18)7-21-16/h1-8,19H,(H,21,22). The third-order valence-electron chi connectivity index (χ3n) is 3.48. The number of hydrogen-bond donors (Lipinski definition) is 2. The van der Waals surface area contributed by atoms with E-state index in [1.165, 1.54) is 12.3 Å². The van der Waals surface area contributed by atoms with E-state index in [1.807, 2.05) is 6.07 Å². The zero-order valence-corrected chi connectivity index (χ0v) is 11.3. The van der Waals surface area contributed by atoms with Crippen molar-refractivity contribution in [2.75, 3.05) is 5.32 Å². The lowest BCUT2D eigenvalue weighted by molar-refractivity contribution is 0.624. The smallest absolute Gasteiger partial charge is 0.149 e. The van der Waals surface area contributed by atoms with Crippen LogP contribution in [0.1, 0.15) is 0 Å². The molecule has 108 valence electrons. The van der Waals surface area contributed by atoms with Crippen LogP contribution < -0.4 is 5.32 Å². The van der Waals surface area contributed by atoms with Crippen LogP contribution in [0.25, 0.3) is 21.8 Å². The molecule has 3 heterocycles. The number of rotatable bonds is 2. The Balaban J connectivity index is 1.84. The summed E-state index contributed by atoms with van der Waals surface area (Å²) in [6.07, 6.45) is 4.00. The quantitative estimate of drug-likeness (QED) is 0.584. The molecule has 0 spiro atoms. The molecule has 0 unspecified atom stereocenters. The molecule has 3 aromatic heterocycles. The number of pyridine rings is 2. The zero-order chi connectivity index (χ0) is 15.1. The number of halogens is 2. The topological polar surface area (TPSA) is 53.6 Å². The summed E-state index contributed by atoms with van der Waals surface area (Å²) >= 11 is 0. The van der Waals surface area contributed by atoms with E-state index < -0.39 is 5.82 Å². The first-order valence-corrected chi connectivity index (χ1v) is 6.65. The molecule has 2 N–H and O–H groups in total. The van der Waals surface area contributed by atoms with Gasteiger partial charge in [-0.25, -0.2) is 18.7 Å². The molecule has 0 atom stereocenters. The molecule has 0 fully saturated rings. The second-order valence-electron chi connectivity index (χ2n) is 4.88. The highest BCUT2D eigenvalue weighted by Crippen LogP contribution is 2.29. The molecule has 0 aliphatic heterocycles. The average Bonchev–Trinajstić information content (AvgIpc) is 2.92. The highest BCUT2D eigenvalue weighted by molar-refractivity contribution is 5.97. The maximum Gasteiger partial charge on any atom is 0.149 e. The number of H-pyrrole nitrogens is 1. The van der Waals surface area contributed by atoms with E-state index in [2.05, 4.69) is 20.3 Å². The SMILES string of the molecule is Fc1cnc2c(Nc3ncc(F)c4ccccc34)c[nH]c2c1. The maximum atomic E-state index is 13.8. The first-order chi connectivity index (χ1) is 10.7. The second kappa shape index (κ2) is 4.77. The second-order valence-corrected chi connectivity index (χ2v) is 4.88. The fourth-order valence-electron chi connectivity index (χ4n) is 2.46.